The summed E-state index contributed by atoms with van der Waals surface area (Å²) in [4.78, 5) is 27.4. The van der Waals surface area contributed by atoms with Crippen LogP contribution < -0.4 is 5.32 Å². The molecule has 7 nitrogen and oxygen atoms in total. The molecule has 2 amide bonds. The van der Waals surface area contributed by atoms with Crippen molar-refractivity contribution in [2.75, 3.05) is 45.9 Å². The number of amides is 2. The molecule has 2 heterocycles. The van der Waals surface area contributed by atoms with Crippen LogP contribution in [0.5, 0.6) is 0 Å². The first-order chi connectivity index (χ1) is 10.8. The van der Waals surface area contributed by atoms with E-state index in [1.807, 2.05) is 20.8 Å². The summed E-state index contributed by atoms with van der Waals surface area (Å²) in [5.74, 6) is 0.320. The molecule has 0 bridgehead atoms. The second kappa shape index (κ2) is 7.86. The van der Waals surface area contributed by atoms with E-state index in [2.05, 4.69) is 5.32 Å². The van der Waals surface area contributed by atoms with Crippen molar-refractivity contribution in [3.8, 4) is 0 Å². The third-order valence-corrected chi connectivity index (χ3v) is 4.08. The zero-order valence-corrected chi connectivity index (χ0v) is 14.5. The normalized spacial score (nSPS) is 20.3. The van der Waals surface area contributed by atoms with Gasteiger partial charge < -0.3 is 24.6 Å². The Labute approximate surface area is 138 Å². The van der Waals surface area contributed by atoms with Crippen molar-refractivity contribution in [1.29, 1.82) is 0 Å². The molecule has 0 unspecified atom stereocenters. The molecule has 23 heavy (non-hydrogen) atoms. The van der Waals surface area contributed by atoms with Gasteiger partial charge in [0.25, 0.3) is 0 Å². The van der Waals surface area contributed by atoms with Crippen LogP contribution in [0.15, 0.2) is 0 Å². The van der Waals surface area contributed by atoms with E-state index < -0.39 is 5.60 Å². The summed E-state index contributed by atoms with van der Waals surface area (Å²) >= 11 is 0. The SMILES string of the molecule is CC(C)(C)OC(=O)N1CCC(COC(=O)N2CCNCC2)CC1. The average molecular weight is 327 g/mol. The van der Waals surface area contributed by atoms with Crippen LogP contribution in [0.4, 0.5) is 9.59 Å². The summed E-state index contributed by atoms with van der Waals surface area (Å²) in [6.45, 7) is 10.4. The number of rotatable bonds is 2. The first-order valence-corrected chi connectivity index (χ1v) is 8.45. The van der Waals surface area contributed by atoms with Gasteiger partial charge in [0.1, 0.15) is 5.60 Å². The van der Waals surface area contributed by atoms with Gasteiger partial charge in [-0.15, -0.1) is 0 Å². The number of piperidine rings is 1. The van der Waals surface area contributed by atoms with E-state index in [4.69, 9.17) is 9.47 Å². The van der Waals surface area contributed by atoms with E-state index in [9.17, 15) is 9.59 Å². The van der Waals surface area contributed by atoms with Crippen LogP contribution in [0.3, 0.4) is 0 Å². The van der Waals surface area contributed by atoms with E-state index in [0.717, 1.165) is 25.9 Å². The predicted molar refractivity (Wildman–Crippen MR) is 86.3 cm³/mol. The zero-order chi connectivity index (χ0) is 16.9. The van der Waals surface area contributed by atoms with Crippen LogP contribution in [0.25, 0.3) is 0 Å². The number of hydrogen-bond acceptors (Lipinski definition) is 5. The Hall–Kier alpha value is -1.50. The molecule has 2 saturated heterocycles. The predicted octanol–water partition coefficient (Wildman–Crippen LogP) is 1.68. The highest BCUT2D eigenvalue weighted by molar-refractivity contribution is 5.68. The Morgan fingerprint density at radius 2 is 1.57 bits per heavy atom. The number of ether oxygens (including phenoxy) is 2. The van der Waals surface area contributed by atoms with Crippen molar-refractivity contribution >= 4 is 12.2 Å². The Balaban J connectivity index is 1.66. The van der Waals surface area contributed by atoms with Gasteiger partial charge in [0.15, 0.2) is 0 Å². The van der Waals surface area contributed by atoms with E-state index in [0.29, 0.717) is 38.7 Å². The lowest BCUT2D eigenvalue weighted by Crippen LogP contribution is -2.47. The minimum Gasteiger partial charge on any atom is -0.449 e. The van der Waals surface area contributed by atoms with E-state index >= 15 is 0 Å². The Morgan fingerprint density at radius 1 is 1.00 bits per heavy atom. The highest BCUT2D eigenvalue weighted by atomic mass is 16.6. The van der Waals surface area contributed by atoms with Crippen molar-refractivity contribution in [2.24, 2.45) is 5.92 Å². The van der Waals surface area contributed by atoms with Crippen molar-refractivity contribution in [1.82, 2.24) is 15.1 Å². The van der Waals surface area contributed by atoms with Gasteiger partial charge in [0.05, 0.1) is 6.61 Å². The van der Waals surface area contributed by atoms with Crippen molar-refractivity contribution in [2.45, 2.75) is 39.2 Å². The number of piperazine rings is 1. The van der Waals surface area contributed by atoms with Gasteiger partial charge in [-0.25, -0.2) is 9.59 Å². The Kier molecular flexibility index (Phi) is 6.10. The van der Waals surface area contributed by atoms with Crippen LogP contribution in [-0.2, 0) is 9.47 Å². The van der Waals surface area contributed by atoms with Crippen molar-refractivity contribution in [3.05, 3.63) is 0 Å². The number of carbonyl (C=O) groups is 2. The maximum atomic E-state index is 12.0. The minimum absolute atomic E-state index is 0.221. The fraction of sp³-hybridized carbons (Fsp3) is 0.875. The summed E-state index contributed by atoms with van der Waals surface area (Å²) in [7, 11) is 0. The zero-order valence-electron chi connectivity index (χ0n) is 14.5. The van der Waals surface area contributed by atoms with Gasteiger partial charge in [-0.3, -0.25) is 0 Å². The molecule has 2 fully saturated rings. The highest BCUT2D eigenvalue weighted by Gasteiger charge is 2.28. The highest BCUT2D eigenvalue weighted by Crippen LogP contribution is 2.20. The van der Waals surface area contributed by atoms with Gasteiger partial charge in [0, 0.05) is 39.3 Å². The molecule has 2 aliphatic heterocycles. The molecule has 0 radical (unpaired) electrons. The molecule has 0 aromatic carbocycles. The largest absolute Gasteiger partial charge is 0.449 e. The fourth-order valence-corrected chi connectivity index (χ4v) is 2.74. The van der Waals surface area contributed by atoms with Crippen molar-refractivity contribution in [3.63, 3.8) is 0 Å². The first-order valence-electron chi connectivity index (χ1n) is 8.45. The van der Waals surface area contributed by atoms with Gasteiger partial charge in [-0.2, -0.15) is 0 Å². The van der Waals surface area contributed by atoms with Crippen molar-refractivity contribution < 1.29 is 19.1 Å². The molecular weight excluding hydrogens is 298 g/mol. The topological polar surface area (TPSA) is 71.1 Å². The second-order valence-corrected chi connectivity index (χ2v) is 7.22. The molecule has 0 saturated carbocycles. The third-order valence-electron chi connectivity index (χ3n) is 4.08. The summed E-state index contributed by atoms with van der Waals surface area (Å²) in [6.07, 6.45) is 1.21. The summed E-state index contributed by atoms with van der Waals surface area (Å²) in [5.41, 5.74) is -0.466. The molecule has 0 aliphatic carbocycles. The lowest BCUT2D eigenvalue weighted by molar-refractivity contribution is 0.0135. The summed E-state index contributed by atoms with van der Waals surface area (Å²) < 4.78 is 10.8. The average Bonchev–Trinajstić information content (AvgIpc) is 2.52. The van der Waals surface area contributed by atoms with Crippen LogP contribution in [0.2, 0.25) is 0 Å². The minimum atomic E-state index is -0.466. The van der Waals surface area contributed by atoms with Crippen LogP contribution >= 0.6 is 0 Å². The summed E-state index contributed by atoms with van der Waals surface area (Å²) in [5, 5.41) is 3.21. The lowest BCUT2D eigenvalue weighted by Gasteiger charge is -2.33. The number of carbonyl (C=O) groups excluding carboxylic acids is 2. The Morgan fingerprint density at radius 3 is 2.13 bits per heavy atom. The van der Waals surface area contributed by atoms with Gasteiger partial charge in [0.2, 0.25) is 0 Å². The number of likely N-dealkylation sites (tertiary alicyclic amines) is 1. The van der Waals surface area contributed by atoms with E-state index in [1.54, 1.807) is 9.80 Å². The lowest BCUT2D eigenvalue weighted by atomic mass is 9.98. The van der Waals surface area contributed by atoms with Gasteiger partial charge >= 0.3 is 12.2 Å². The second-order valence-electron chi connectivity index (χ2n) is 7.22. The standard InChI is InChI=1S/C16H29N3O4/c1-16(2,3)23-15(21)18-8-4-13(5-9-18)12-22-14(20)19-10-6-17-7-11-19/h13,17H,4-12H2,1-3H3. The molecule has 1 N–H and O–H groups in total. The monoisotopic (exact) mass is 327 g/mol. The van der Waals surface area contributed by atoms with E-state index in [-0.39, 0.29) is 12.2 Å². The number of hydrogen-bond donors (Lipinski definition) is 1. The smallest absolute Gasteiger partial charge is 0.410 e. The quantitative estimate of drug-likeness (QED) is 0.835. The number of nitrogens with one attached hydrogen (secondary N) is 1. The van der Waals surface area contributed by atoms with Gasteiger partial charge in [-0.05, 0) is 39.5 Å². The molecule has 0 aromatic rings. The third kappa shape index (κ3) is 5.89. The first kappa shape index (κ1) is 17.8. The van der Waals surface area contributed by atoms with Crippen LogP contribution in [0.1, 0.15) is 33.6 Å². The van der Waals surface area contributed by atoms with Crippen LogP contribution in [-0.4, -0.2) is 73.5 Å². The Bertz CT molecular complexity index is 408. The van der Waals surface area contributed by atoms with Crippen LogP contribution in [0, 0.1) is 5.92 Å². The maximum Gasteiger partial charge on any atom is 0.410 e. The molecule has 2 aliphatic rings. The molecule has 2 rings (SSSR count). The molecule has 132 valence electrons. The summed E-state index contributed by atoms with van der Waals surface area (Å²) in [6, 6.07) is 0. The molecule has 0 atom stereocenters. The molecule has 0 spiro atoms. The molecular formula is C16H29N3O4. The van der Waals surface area contributed by atoms with E-state index in [1.165, 1.54) is 0 Å². The molecule has 0 aromatic heterocycles. The number of nitrogens with zero attached hydrogens (tertiary/aromatic N) is 2. The molecule has 7 heteroatoms. The van der Waals surface area contributed by atoms with Gasteiger partial charge in [-0.1, -0.05) is 0 Å². The maximum absolute atomic E-state index is 12.0. The fourth-order valence-electron chi connectivity index (χ4n) is 2.74.